The van der Waals surface area contributed by atoms with Crippen LogP contribution in [0.1, 0.15) is 49.1 Å². The molecule has 7 heteroatoms. The van der Waals surface area contributed by atoms with Crippen LogP contribution in [0.25, 0.3) is 0 Å². The third-order valence-electron chi connectivity index (χ3n) is 5.45. The number of anilines is 2. The fourth-order valence-electron chi connectivity index (χ4n) is 3.56. The molecule has 0 radical (unpaired) electrons. The first-order valence-electron chi connectivity index (χ1n) is 10.4. The SMILES string of the molecule is Cc1ccc(NC(=O)C(C)OC(=O)c2ccc3c(c2)C(=O)N(c2ccccc2C)C3=O)cc1. The maximum Gasteiger partial charge on any atom is 0.338 e. The maximum absolute atomic E-state index is 13.0. The van der Waals surface area contributed by atoms with Gasteiger partial charge in [0.05, 0.1) is 22.4 Å². The summed E-state index contributed by atoms with van der Waals surface area (Å²) in [6, 6.07) is 18.5. The number of para-hydroxylation sites is 1. The Morgan fingerprint density at radius 2 is 1.55 bits per heavy atom. The van der Waals surface area contributed by atoms with Crippen LogP contribution < -0.4 is 10.2 Å². The molecule has 1 aliphatic heterocycles. The summed E-state index contributed by atoms with van der Waals surface area (Å²) < 4.78 is 5.29. The normalized spacial score (nSPS) is 13.5. The minimum absolute atomic E-state index is 0.0801. The molecule has 4 rings (SSSR count). The molecule has 0 saturated carbocycles. The zero-order valence-electron chi connectivity index (χ0n) is 18.4. The van der Waals surface area contributed by atoms with Crippen LogP contribution >= 0.6 is 0 Å². The zero-order valence-corrected chi connectivity index (χ0v) is 18.4. The monoisotopic (exact) mass is 442 g/mol. The predicted octanol–water partition coefficient (Wildman–Crippen LogP) is 4.29. The number of carbonyl (C=O) groups excluding carboxylic acids is 4. The quantitative estimate of drug-likeness (QED) is 0.470. The molecule has 7 nitrogen and oxygen atoms in total. The second kappa shape index (κ2) is 8.70. The number of esters is 1. The number of nitrogens with one attached hydrogen (secondary N) is 1. The summed E-state index contributed by atoms with van der Waals surface area (Å²) in [7, 11) is 0. The highest BCUT2D eigenvalue weighted by Crippen LogP contribution is 2.31. The Morgan fingerprint density at radius 3 is 2.24 bits per heavy atom. The van der Waals surface area contributed by atoms with Crippen LogP contribution in [0.15, 0.2) is 66.7 Å². The summed E-state index contributed by atoms with van der Waals surface area (Å²) in [5, 5.41) is 2.69. The standard InChI is InChI=1S/C26H22N2O5/c1-15-8-11-19(12-9-15)27-23(29)17(3)33-26(32)18-10-13-20-21(14-18)25(31)28(24(20)30)22-7-5-4-6-16(22)2/h4-14,17H,1-3H3,(H,27,29). The fraction of sp³-hybridized carbons (Fsp3) is 0.154. The van der Waals surface area contributed by atoms with Crippen molar-refractivity contribution in [1.82, 2.24) is 0 Å². The molecule has 0 aliphatic carbocycles. The fourth-order valence-corrected chi connectivity index (χ4v) is 3.56. The Hall–Kier alpha value is -4.26. The summed E-state index contributed by atoms with van der Waals surface area (Å²) in [5.74, 6) is -2.21. The maximum atomic E-state index is 13.0. The minimum Gasteiger partial charge on any atom is -0.449 e. The van der Waals surface area contributed by atoms with Crippen molar-refractivity contribution in [3.05, 3.63) is 94.5 Å². The number of hydrogen-bond donors (Lipinski definition) is 1. The molecule has 0 aromatic heterocycles. The third-order valence-corrected chi connectivity index (χ3v) is 5.45. The van der Waals surface area contributed by atoms with Gasteiger partial charge in [-0.25, -0.2) is 9.69 Å². The van der Waals surface area contributed by atoms with Gasteiger partial charge in [0, 0.05) is 5.69 Å². The van der Waals surface area contributed by atoms with Gasteiger partial charge in [0.25, 0.3) is 17.7 Å². The molecular weight excluding hydrogens is 420 g/mol. The molecule has 3 aromatic carbocycles. The highest BCUT2D eigenvalue weighted by atomic mass is 16.5. The zero-order chi connectivity index (χ0) is 23.7. The number of amides is 3. The number of hydrogen-bond acceptors (Lipinski definition) is 5. The second-order valence-electron chi connectivity index (χ2n) is 7.90. The van der Waals surface area contributed by atoms with E-state index in [1.807, 2.05) is 38.1 Å². The molecule has 1 aliphatic rings. The van der Waals surface area contributed by atoms with Crippen molar-refractivity contribution in [2.24, 2.45) is 0 Å². The van der Waals surface area contributed by atoms with Gasteiger partial charge >= 0.3 is 5.97 Å². The largest absolute Gasteiger partial charge is 0.449 e. The summed E-state index contributed by atoms with van der Waals surface area (Å²) in [4.78, 5) is 51.9. The van der Waals surface area contributed by atoms with Gasteiger partial charge in [-0.1, -0.05) is 35.9 Å². The average molecular weight is 442 g/mol. The molecule has 3 amide bonds. The molecule has 1 atom stereocenters. The number of benzene rings is 3. The van der Waals surface area contributed by atoms with Crippen LogP contribution in [0.4, 0.5) is 11.4 Å². The Kier molecular flexibility index (Phi) is 5.79. The first-order chi connectivity index (χ1) is 15.8. The Bertz CT molecular complexity index is 1280. The minimum atomic E-state index is -1.06. The molecule has 166 valence electrons. The van der Waals surface area contributed by atoms with Crippen molar-refractivity contribution in [1.29, 1.82) is 0 Å². The van der Waals surface area contributed by atoms with E-state index in [1.165, 1.54) is 25.1 Å². The van der Waals surface area contributed by atoms with E-state index in [0.29, 0.717) is 11.4 Å². The smallest absolute Gasteiger partial charge is 0.338 e. The van der Waals surface area contributed by atoms with Crippen molar-refractivity contribution in [2.45, 2.75) is 26.9 Å². The Balaban J connectivity index is 1.49. The molecule has 0 saturated heterocycles. The molecule has 33 heavy (non-hydrogen) atoms. The lowest BCUT2D eigenvalue weighted by Crippen LogP contribution is -2.30. The van der Waals surface area contributed by atoms with Crippen LogP contribution in [0.5, 0.6) is 0 Å². The van der Waals surface area contributed by atoms with Crippen molar-refractivity contribution in [3.63, 3.8) is 0 Å². The van der Waals surface area contributed by atoms with Gasteiger partial charge in [0.15, 0.2) is 6.10 Å². The molecule has 3 aromatic rings. The van der Waals surface area contributed by atoms with Crippen molar-refractivity contribution < 1.29 is 23.9 Å². The van der Waals surface area contributed by atoms with E-state index >= 15 is 0 Å². The first kappa shape index (κ1) is 22.0. The lowest BCUT2D eigenvalue weighted by molar-refractivity contribution is -0.123. The van der Waals surface area contributed by atoms with E-state index in [2.05, 4.69) is 5.32 Å². The highest BCUT2D eigenvalue weighted by Gasteiger charge is 2.38. The third kappa shape index (κ3) is 4.25. The highest BCUT2D eigenvalue weighted by molar-refractivity contribution is 6.35. The van der Waals surface area contributed by atoms with Gasteiger partial charge in [-0.15, -0.1) is 0 Å². The first-order valence-corrected chi connectivity index (χ1v) is 10.4. The number of nitrogens with zero attached hydrogens (tertiary/aromatic N) is 1. The van der Waals surface area contributed by atoms with Crippen molar-refractivity contribution >= 4 is 35.1 Å². The molecule has 1 heterocycles. The van der Waals surface area contributed by atoms with E-state index in [9.17, 15) is 19.2 Å². The summed E-state index contributed by atoms with van der Waals surface area (Å²) >= 11 is 0. The van der Waals surface area contributed by atoms with Crippen molar-refractivity contribution in [2.75, 3.05) is 10.2 Å². The van der Waals surface area contributed by atoms with Gasteiger partial charge in [0.2, 0.25) is 0 Å². The van der Waals surface area contributed by atoms with E-state index in [4.69, 9.17) is 4.74 Å². The number of imide groups is 1. The molecule has 0 fully saturated rings. The Labute approximate surface area is 191 Å². The van der Waals surface area contributed by atoms with E-state index in [0.717, 1.165) is 16.0 Å². The lowest BCUT2D eigenvalue weighted by atomic mass is 10.1. The molecule has 1 unspecified atom stereocenters. The number of ether oxygens (including phenoxy) is 1. The van der Waals surface area contributed by atoms with Crippen LogP contribution in [-0.4, -0.2) is 29.8 Å². The number of aryl methyl sites for hydroxylation is 2. The van der Waals surface area contributed by atoms with Gasteiger partial charge in [0.1, 0.15) is 0 Å². The Morgan fingerprint density at radius 1 is 0.879 bits per heavy atom. The molecule has 0 spiro atoms. The van der Waals surface area contributed by atoms with Gasteiger partial charge in [-0.2, -0.15) is 0 Å². The number of carbonyl (C=O) groups is 4. The second-order valence-corrected chi connectivity index (χ2v) is 7.90. The van der Waals surface area contributed by atoms with E-state index < -0.39 is 29.8 Å². The van der Waals surface area contributed by atoms with E-state index in [1.54, 1.807) is 24.3 Å². The van der Waals surface area contributed by atoms with Crippen molar-refractivity contribution in [3.8, 4) is 0 Å². The van der Waals surface area contributed by atoms with Crippen LogP contribution in [-0.2, 0) is 9.53 Å². The average Bonchev–Trinajstić information content (AvgIpc) is 3.05. The number of fused-ring (bicyclic) bond motifs is 1. The van der Waals surface area contributed by atoms with Gasteiger partial charge in [-0.05, 0) is 62.7 Å². The molecule has 0 bridgehead atoms. The lowest BCUT2D eigenvalue weighted by Gasteiger charge is -2.16. The summed E-state index contributed by atoms with van der Waals surface area (Å²) in [5.41, 5.74) is 3.33. The summed E-state index contributed by atoms with van der Waals surface area (Å²) in [6.45, 7) is 5.21. The van der Waals surface area contributed by atoms with Gasteiger partial charge < -0.3 is 10.1 Å². The molecular formula is C26H22N2O5. The number of rotatable bonds is 5. The predicted molar refractivity (Wildman–Crippen MR) is 123 cm³/mol. The topological polar surface area (TPSA) is 92.8 Å². The summed E-state index contributed by atoms with van der Waals surface area (Å²) in [6.07, 6.45) is -1.06. The van der Waals surface area contributed by atoms with Gasteiger partial charge in [-0.3, -0.25) is 14.4 Å². The van der Waals surface area contributed by atoms with Crippen LogP contribution in [0.2, 0.25) is 0 Å². The van der Waals surface area contributed by atoms with Crippen LogP contribution in [0.3, 0.4) is 0 Å². The van der Waals surface area contributed by atoms with Crippen LogP contribution in [0, 0.1) is 13.8 Å². The van der Waals surface area contributed by atoms with E-state index in [-0.39, 0.29) is 16.7 Å². The molecule has 1 N–H and O–H groups in total.